The van der Waals surface area contributed by atoms with E-state index in [2.05, 4.69) is 11.9 Å². The van der Waals surface area contributed by atoms with Gasteiger partial charge in [-0.25, -0.2) is 0 Å². The maximum Gasteiger partial charge on any atom is 0.163 e. The van der Waals surface area contributed by atoms with Crippen molar-refractivity contribution in [3.8, 4) is 11.3 Å². The maximum absolute atomic E-state index is 12.3. The van der Waals surface area contributed by atoms with Gasteiger partial charge in [0.1, 0.15) is 0 Å². The zero-order valence-corrected chi connectivity index (χ0v) is 11.3. The van der Waals surface area contributed by atoms with E-state index in [1.807, 2.05) is 42.5 Å². The Labute approximate surface area is 114 Å². The monoisotopic (exact) mass is 253 g/mol. The lowest BCUT2D eigenvalue weighted by Gasteiger charge is -2.07. The average Bonchev–Trinajstić information content (AvgIpc) is 2.48. The fourth-order valence-corrected chi connectivity index (χ4v) is 2.14. The molecule has 0 atom stereocenters. The molecule has 0 saturated heterocycles. The van der Waals surface area contributed by atoms with E-state index >= 15 is 0 Å². The number of hydrogen-bond donors (Lipinski definition) is 0. The van der Waals surface area contributed by atoms with Crippen LogP contribution in [0.15, 0.2) is 48.7 Å². The zero-order valence-electron chi connectivity index (χ0n) is 11.3. The highest BCUT2D eigenvalue weighted by Gasteiger charge is 2.12. The highest BCUT2D eigenvalue weighted by molar-refractivity contribution is 6.01. The first-order chi connectivity index (χ1) is 9.33. The van der Waals surface area contributed by atoms with Crippen molar-refractivity contribution in [1.29, 1.82) is 0 Å². The predicted molar refractivity (Wildman–Crippen MR) is 78.1 cm³/mol. The minimum atomic E-state index is 0.217. The van der Waals surface area contributed by atoms with Gasteiger partial charge in [0.15, 0.2) is 5.78 Å². The minimum Gasteiger partial charge on any atom is -0.294 e. The predicted octanol–water partition coefficient (Wildman–Crippen LogP) is 4.51. The van der Waals surface area contributed by atoms with Crippen LogP contribution in [0.4, 0.5) is 0 Å². The van der Waals surface area contributed by atoms with Crippen LogP contribution in [0.5, 0.6) is 0 Å². The molecule has 1 heterocycles. The van der Waals surface area contributed by atoms with E-state index in [0.717, 1.165) is 36.1 Å². The van der Waals surface area contributed by atoms with E-state index in [0.29, 0.717) is 6.42 Å². The van der Waals surface area contributed by atoms with Crippen molar-refractivity contribution < 1.29 is 4.79 Å². The van der Waals surface area contributed by atoms with Gasteiger partial charge in [-0.3, -0.25) is 9.78 Å². The smallest absolute Gasteiger partial charge is 0.163 e. The molecule has 0 N–H and O–H groups in total. The Morgan fingerprint density at radius 2 is 1.84 bits per heavy atom. The maximum atomic E-state index is 12.3. The van der Waals surface area contributed by atoms with Crippen LogP contribution < -0.4 is 0 Å². The average molecular weight is 253 g/mol. The molecule has 0 saturated carbocycles. The molecule has 0 bridgehead atoms. The van der Waals surface area contributed by atoms with Gasteiger partial charge < -0.3 is 0 Å². The largest absolute Gasteiger partial charge is 0.294 e. The van der Waals surface area contributed by atoms with Gasteiger partial charge in [0.05, 0.1) is 5.69 Å². The number of aromatic nitrogens is 1. The Bertz CT molecular complexity index is 534. The summed E-state index contributed by atoms with van der Waals surface area (Å²) in [4.78, 5) is 16.6. The number of pyridine rings is 1. The summed E-state index contributed by atoms with van der Waals surface area (Å²) in [5.41, 5.74) is 2.59. The third-order valence-electron chi connectivity index (χ3n) is 3.18. The molecule has 0 amide bonds. The third-order valence-corrected chi connectivity index (χ3v) is 3.18. The van der Waals surface area contributed by atoms with E-state index in [9.17, 15) is 4.79 Å². The molecule has 2 nitrogen and oxygen atoms in total. The topological polar surface area (TPSA) is 30.0 Å². The number of hydrogen-bond acceptors (Lipinski definition) is 2. The summed E-state index contributed by atoms with van der Waals surface area (Å²) < 4.78 is 0. The summed E-state index contributed by atoms with van der Waals surface area (Å²) in [6, 6.07) is 13.5. The molecule has 98 valence electrons. The summed E-state index contributed by atoms with van der Waals surface area (Å²) in [6.45, 7) is 2.15. The first kappa shape index (κ1) is 13.5. The van der Waals surface area contributed by atoms with Crippen LogP contribution in [0.2, 0.25) is 0 Å². The lowest BCUT2D eigenvalue weighted by atomic mass is 9.97. The fourth-order valence-electron chi connectivity index (χ4n) is 2.14. The summed E-state index contributed by atoms with van der Waals surface area (Å²) in [7, 11) is 0. The Morgan fingerprint density at radius 3 is 2.58 bits per heavy atom. The number of carbonyl (C=O) groups is 1. The molecule has 0 aliphatic heterocycles. The van der Waals surface area contributed by atoms with E-state index in [1.165, 1.54) is 0 Å². The molecule has 2 aromatic rings. The Balaban J connectivity index is 2.24. The number of rotatable bonds is 6. The van der Waals surface area contributed by atoms with Gasteiger partial charge in [0.2, 0.25) is 0 Å². The normalized spacial score (nSPS) is 10.4. The lowest BCUT2D eigenvalue weighted by molar-refractivity contribution is 0.0980. The SMILES string of the molecule is CCCCCC(=O)c1ccccc1-c1ccccn1. The first-order valence-corrected chi connectivity index (χ1v) is 6.86. The standard InChI is InChI=1S/C17H19NO/c1-2-3-4-12-17(19)15-10-6-5-9-14(15)16-11-7-8-13-18-16/h5-11,13H,2-4,12H2,1H3. The van der Waals surface area contributed by atoms with Gasteiger partial charge in [-0.05, 0) is 18.6 Å². The highest BCUT2D eigenvalue weighted by atomic mass is 16.1. The van der Waals surface area contributed by atoms with Crippen LogP contribution in [0, 0.1) is 0 Å². The van der Waals surface area contributed by atoms with Gasteiger partial charge in [0.25, 0.3) is 0 Å². The Hall–Kier alpha value is -1.96. The van der Waals surface area contributed by atoms with Gasteiger partial charge in [-0.2, -0.15) is 0 Å². The van der Waals surface area contributed by atoms with Gasteiger partial charge in [-0.15, -0.1) is 0 Å². The third kappa shape index (κ3) is 3.50. The molecule has 2 rings (SSSR count). The Kier molecular flexibility index (Phi) is 4.85. The molecule has 19 heavy (non-hydrogen) atoms. The van der Waals surface area contributed by atoms with Crippen molar-refractivity contribution in [3.63, 3.8) is 0 Å². The highest BCUT2D eigenvalue weighted by Crippen LogP contribution is 2.23. The van der Waals surface area contributed by atoms with Crippen molar-refractivity contribution in [2.45, 2.75) is 32.6 Å². The second-order valence-corrected chi connectivity index (χ2v) is 4.64. The number of ketones is 1. The second kappa shape index (κ2) is 6.83. The lowest BCUT2D eigenvalue weighted by Crippen LogP contribution is -2.02. The molecule has 0 aliphatic carbocycles. The molecule has 0 radical (unpaired) electrons. The zero-order chi connectivity index (χ0) is 13.5. The summed E-state index contributed by atoms with van der Waals surface area (Å²) in [5.74, 6) is 0.217. The van der Waals surface area contributed by atoms with Crippen LogP contribution >= 0.6 is 0 Å². The number of unbranched alkanes of at least 4 members (excludes halogenated alkanes) is 2. The molecule has 1 aromatic carbocycles. The van der Waals surface area contributed by atoms with Crippen LogP contribution in [-0.4, -0.2) is 10.8 Å². The van der Waals surface area contributed by atoms with Crippen LogP contribution in [-0.2, 0) is 0 Å². The van der Waals surface area contributed by atoms with Gasteiger partial charge >= 0.3 is 0 Å². The molecule has 0 unspecified atom stereocenters. The number of benzene rings is 1. The fraction of sp³-hybridized carbons (Fsp3) is 0.294. The summed E-state index contributed by atoms with van der Waals surface area (Å²) in [5, 5.41) is 0. The first-order valence-electron chi connectivity index (χ1n) is 6.86. The molecule has 0 spiro atoms. The number of nitrogens with zero attached hydrogens (tertiary/aromatic N) is 1. The molecular formula is C17H19NO. The van der Waals surface area contributed by atoms with E-state index in [1.54, 1.807) is 6.20 Å². The van der Waals surface area contributed by atoms with Gasteiger partial charge in [-0.1, -0.05) is 50.1 Å². The molecule has 0 fully saturated rings. The molecule has 0 aliphatic rings. The van der Waals surface area contributed by atoms with Crippen LogP contribution in [0.25, 0.3) is 11.3 Å². The molecular weight excluding hydrogens is 234 g/mol. The van der Waals surface area contributed by atoms with E-state index < -0.39 is 0 Å². The van der Waals surface area contributed by atoms with E-state index in [4.69, 9.17) is 0 Å². The second-order valence-electron chi connectivity index (χ2n) is 4.64. The van der Waals surface area contributed by atoms with E-state index in [-0.39, 0.29) is 5.78 Å². The molecule has 2 heteroatoms. The molecule has 1 aromatic heterocycles. The van der Waals surface area contributed by atoms with Crippen molar-refractivity contribution in [3.05, 3.63) is 54.2 Å². The minimum absolute atomic E-state index is 0.217. The number of carbonyl (C=O) groups excluding carboxylic acids is 1. The summed E-state index contributed by atoms with van der Waals surface area (Å²) in [6.07, 6.45) is 5.59. The summed E-state index contributed by atoms with van der Waals surface area (Å²) >= 11 is 0. The Morgan fingerprint density at radius 1 is 1.05 bits per heavy atom. The van der Waals surface area contributed by atoms with Crippen molar-refractivity contribution in [2.75, 3.05) is 0 Å². The van der Waals surface area contributed by atoms with Gasteiger partial charge in [0, 0.05) is 23.7 Å². The van der Waals surface area contributed by atoms with Crippen molar-refractivity contribution in [1.82, 2.24) is 4.98 Å². The number of Topliss-reactive ketones (excluding diaryl/α,β-unsaturated/α-hetero) is 1. The van der Waals surface area contributed by atoms with Crippen molar-refractivity contribution in [2.24, 2.45) is 0 Å². The van der Waals surface area contributed by atoms with Crippen LogP contribution in [0.3, 0.4) is 0 Å². The quantitative estimate of drug-likeness (QED) is 0.560. The van der Waals surface area contributed by atoms with Crippen LogP contribution in [0.1, 0.15) is 43.0 Å². The van der Waals surface area contributed by atoms with Crippen molar-refractivity contribution >= 4 is 5.78 Å².